The Bertz CT molecular complexity index is 1340. The summed E-state index contributed by atoms with van der Waals surface area (Å²) in [4.78, 5) is 35.9. The van der Waals surface area contributed by atoms with Gasteiger partial charge in [0.05, 0.1) is 25.4 Å². The third-order valence-electron chi connectivity index (χ3n) is 7.24. The Labute approximate surface area is 212 Å². The van der Waals surface area contributed by atoms with Gasteiger partial charge in [-0.3, -0.25) is 9.59 Å². The van der Waals surface area contributed by atoms with Crippen LogP contribution in [0.25, 0.3) is 16.8 Å². The first-order valence-corrected chi connectivity index (χ1v) is 12.3. The molecule has 12 heteroatoms. The third kappa shape index (κ3) is 4.67. The number of nitrogen functional groups attached to an aromatic ring is 1. The van der Waals surface area contributed by atoms with E-state index in [4.69, 9.17) is 10.5 Å². The minimum absolute atomic E-state index is 0.0511. The van der Waals surface area contributed by atoms with Crippen LogP contribution in [-0.2, 0) is 4.79 Å². The van der Waals surface area contributed by atoms with E-state index in [1.807, 2.05) is 13.0 Å². The SMILES string of the molecule is COc1ncc(-c2cc(C)c3c(N)ncnn23)cc1C(=O)NC1CN(C(=O)C2CCC(F)CC2)C[C@@H]1F. The Balaban J connectivity index is 1.35. The summed E-state index contributed by atoms with van der Waals surface area (Å²) >= 11 is 0. The molecule has 2 amide bonds. The van der Waals surface area contributed by atoms with Gasteiger partial charge in [0.1, 0.15) is 29.8 Å². The average molecular weight is 514 g/mol. The maximum Gasteiger partial charge on any atom is 0.257 e. The smallest absolute Gasteiger partial charge is 0.257 e. The number of hydrogen-bond donors (Lipinski definition) is 2. The van der Waals surface area contributed by atoms with E-state index in [-0.39, 0.29) is 36.4 Å². The van der Waals surface area contributed by atoms with Crippen LogP contribution >= 0.6 is 0 Å². The second-order valence-electron chi connectivity index (χ2n) is 9.69. The molecule has 1 unspecified atom stereocenters. The Morgan fingerprint density at radius 2 is 1.89 bits per heavy atom. The van der Waals surface area contributed by atoms with Gasteiger partial charge in [0, 0.05) is 24.2 Å². The van der Waals surface area contributed by atoms with Gasteiger partial charge in [0.25, 0.3) is 5.91 Å². The molecule has 2 atom stereocenters. The number of nitrogens with two attached hydrogens (primary N) is 1. The number of fused-ring (bicyclic) bond motifs is 1. The van der Waals surface area contributed by atoms with Gasteiger partial charge in [0.15, 0.2) is 5.82 Å². The van der Waals surface area contributed by atoms with Crippen LogP contribution < -0.4 is 15.8 Å². The number of carbonyl (C=O) groups is 2. The molecule has 1 aliphatic heterocycles. The molecule has 196 valence electrons. The third-order valence-corrected chi connectivity index (χ3v) is 7.24. The van der Waals surface area contributed by atoms with Crippen molar-refractivity contribution in [2.45, 2.75) is 51.0 Å². The van der Waals surface area contributed by atoms with Crippen molar-refractivity contribution in [3.63, 3.8) is 0 Å². The first-order chi connectivity index (χ1) is 17.8. The molecular formula is C25H29F2N7O3. The molecule has 3 aromatic heterocycles. The molecule has 0 aromatic carbocycles. The zero-order valence-corrected chi connectivity index (χ0v) is 20.7. The number of likely N-dealkylation sites (tertiary alicyclic amines) is 1. The van der Waals surface area contributed by atoms with E-state index >= 15 is 0 Å². The summed E-state index contributed by atoms with van der Waals surface area (Å²) in [5.41, 5.74) is 8.86. The number of anilines is 1. The standard InChI is InChI=1S/C25H29F2N7O3/c1-13-7-20(34-21(13)22(28)30-12-31-34)15-8-17(24(37-2)29-9-15)23(35)32-19-11-33(10-18(19)27)25(36)14-3-5-16(26)6-4-14/h7-9,12,14,16,18-19H,3-6,10-11H2,1-2H3,(H,32,35)(H2,28,30,31)/t14?,16?,18-,19?/m0/s1. The van der Waals surface area contributed by atoms with Gasteiger partial charge in [-0.05, 0) is 50.3 Å². The maximum absolute atomic E-state index is 14.9. The Hall–Kier alpha value is -3.83. The number of aromatic nitrogens is 4. The predicted octanol–water partition coefficient (Wildman–Crippen LogP) is 2.50. The van der Waals surface area contributed by atoms with E-state index in [0.717, 1.165) is 5.56 Å². The van der Waals surface area contributed by atoms with Gasteiger partial charge in [-0.25, -0.2) is 23.3 Å². The minimum atomic E-state index is -1.43. The van der Waals surface area contributed by atoms with Gasteiger partial charge >= 0.3 is 0 Å². The van der Waals surface area contributed by atoms with Gasteiger partial charge in [0.2, 0.25) is 11.8 Å². The van der Waals surface area contributed by atoms with Crippen LogP contribution in [0.4, 0.5) is 14.6 Å². The summed E-state index contributed by atoms with van der Waals surface area (Å²) in [5.74, 6) is -0.641. The topological polar surface area (TPSA) is 128 Å². The van der Waals surface area contributed by atoms with Crippen LogP contribution in [0.15, 0.2) is 24.7 Å². The lowest BCUT2D eigenvalue weighted by atomic mass is 9.87. The maximum atomic E-state index is 14.9. The highest BCUT2D eigenvalue weighted by atomic mass is 19.1. The monoisotopic (exact) mass is 513 g/mol. The quantitative estimate of drug-likeness (QED) is 0.537. The Morgan fingerprint density at radius 3 is 2.62 bits per heavy atom. The molecule has 3 N–H and O–H groups in total. The highest BCUT2D eigenvalue weighted by molar-refractivity contribution is 5.98. The summed E-state index contributed by atoms with van der Waals surface area (Å²) in [6.07, 6.45) is 2.22. The van der Waals surface area contributed by atoms with E-state index in [0.29, 0.717) is 48.3 Å². The predicted molar refractivity (Wildman–Crippen MR) is 132 cm³/mol. The number of methoxy groups -OCH3 is 1. The molecular weight excluding hydrogens is 484 g/mol. The molecule has 0 bridgehead atoms. The summed E-state index contributed by atoms with van der Waals surface area (Å²) in [6.45, 7) is 1.82. The number of rotatable bonds is 5. The molecule has 0 spiro atoms. The molecule has 0 radical (unpaired) electrons. The number of ether oxygens (including phenoxy) is 1. The lowest BCUT2D eigenvalue weighted by Crippen LogP contribution is -2.42. The normalized spacial score (nSPS) is 23.8. The second-order valence-corrected chi connectivity index (χ2v) is 9.69. The van der Waals surface area contributed by atoms with Crippen molar-refractivity contribution in [2.24, 2.45) is 5.92 Å². The van der Waals surface area contributed by atoms with Crippen molar-refractivity contribution >= 4 is 23.1 Å². The van der Waals surface area contributed by atoms with Crippen molar-refractivity contribution in [1.29, 1.82) is 0 Å². The first-order valence-electron chi connectivity index (χ1n) is 12.3. The van der Waals surface area contributed by atoms with E-state index < -0.39 is 24.3 Å². The molecule has 2 fully saturated rings. The van der Waals surface area contributed by atoms with E-state index in [2.05, 4.69) is 20.4 Å². The fraction of sp³-hybridized carbons (Fsp3) is 0.480. The van der Waals surface area contributed by atoms with Crippen molar-refractivity contribution in [3.8, 4) is 17.1 Å². The number of amides is 2. The fourth-order valence-corrected chi connectivity index (χ4v) is 5.26. The second kappa shape index (κ2) is 9.91. The van der Waals surface area contributed by atoms with Crippen LogP contribution in [0, 0.1) is 12.8 Å². The summed E-state index contributed by atoms with van der Waals surface area (Å²) in [6, 6.07) is 2.58. The number of alkyl halides is 2. The molecule has 4 heterocycles. The van der Waals surface area contributed by atoms with E-state index in [1.165, 1.54) is 18.3 Å². The number of pyridine rings is 1. The first kappa shape index (κ1) is 24.8. The van der Waals surface area contributed by atoms with E-state index in [9.17, 15) is 18.4 Å². The summed E-state index contributed by atoms with van der Waals surface area (Å²) < 4.78 is 35.3. The largest absolute Gasteiger partial charge is 0.480 e. The van der Waals surface area contributed by atoms with Crippen molar-refractivity contribution in [3.05, 3.63) is 35.8 Å². The molecule has 2 aliphatic rings. The average Bonchev–Trinajstić information content (AvgIpc) is 3.43. The van der Waals surface area contributed by atoms with Crippen LogP contribution in [0.2, 0.25) is 0 Å². The zero-order valence-electron chi connectivity index (χ0n) is 20.7. The number of carbonyl (C=O) groups excluding carboxylic acids is 2. The molecule has 5 rings (SSSR count). The Morgan fingerprint density at radius 1 is 1.14 bits per heavy atom. The van der Waals surface area contributed by atoms with Crippen LogP contribution in [0.1, 0.15) is 41.6 Å². The fourth-order valence-electron chi connectivity index (χ4n) is 5.26. The van der Waals surface area contributed by atoms with E-state index in [1.54, 1.807) is 16.8 Å². The van der Waals surface area contributed by atoms with Crippen LogP contribution in [-0.4, -0.2) is 74.9 Å². The molecule has 1 aliphatic carbocycles. The number of nitrogens with zero attached hydrogens (tertiary/aromatic N) is 5. The van der Waals surface area contributed by atoms with Gasteiger partial charge < -0.3 is 20.7 Å². The zero-order chi connectivity index (χ0) is 26.3. The Kier molecular flexibility index (Phi) is 6.65. The summed E-state index contributed by atoms with van der Waals surface area (Å²) in [7, 11) is 1.39. The molecule has 1 saturated heterocycles. The lowest BCUT2D eigenvalue weighted by Gasteiger charge is -2.27. The van der Waals surface area contributed by atoms with Crippen molar-refractivity contribution in [1.82, 2.24) is 29.8 Å². The minimum Gasteiger partial charge on any atom is -0.480 e. The van der Waals surface area contributed by atoms with Gasteiger partial charge in [-0.1, -0.05) is 0 Å². The van der Waals surface area contributed by atoms with Crippen LogP contribution in [0.5, 0.6) is 5.88 Å². The molecule has 3 aromatic rings. The van der Waals surface area contributed by atoms with Crippen molar-refractivity contribution < 1.29 is 23.1 Å². The summed E-state index contributed by atoms with van der Waals surface area (Å²) in [5, 5.41) is 6.98. The molecule has 10 nitrogen and oxygen atoms in total. The number of nitrogens with one attached hydrogen (secondary N) is 1. The highest BCUT2D eigenvalue weighted by Gasteiger charge is 2.39. The van der Waals surface area contributed by atoms with Gasteiger partial charge in [-0.2, -0.15) is 5.10 Å². The van der Waals surface area contributed by atoms with Crippen molar-refractivity contribution in [2.75, 3.05) is 25.9 Å². The molecule has 37 heavy (non-hydrogen) atoms. The van der Waals surface area contributed by atoms with Crippen LogP contribution in [0.3, 0.4) is 0 Å². The number of aryl methyl sites for hydroxylation is 1. The number of halogens is 2. The lowest BCUT2D eigenvalue weighted by molar-refractivity contribution is -0.136. The molecule has 1 saturated carbocycles. The highest BCUT2D eigenvalue weighted by Crippen LogP contribution is 2.31. The van der Waals surface area contributed by atoms with Gasteiger partial charge in [-0.15, -0.1) is 0 Å². The number of hydrogen-bond acceptors (Lipinski definition) is 7.